The molecule has 3 amide bonds. The highest BCUT2D eigenvalue weighted by Crippen LogP contribution is 2.26. The maximum Gasteiger partial charge on any atom is 0.319 e. The van der Waals surface area contributed by atoms with Crippen LogP contribution < -0.4 is 10.6 Å². The maximum atomic E-state index is 12.3. The number of likely N-dealkylation sites (tertiary alicyclic amines) is 1. The summed E-state index contributed by atoms with van der Waals surface area (Å²) in [5.41, 5.74) is 2.44. The number of benzene rings is 2. The van der Waals surface area contributed by atoms with Crippen LogP contribution in [0.3, 0.4) is 0 Å². The summed E-state index contributed by atoms with van der Waals surface area (Å²) in [4.78, 5) is 25.9. The van der Waals surface area contributed by atoms with Crippen LogP contribution in [-0.4, -0.2) is 23.4 Å². The van der Waals surface area contributed by atoms with Gasteiger partial charge in [-0.05, 0) is 48.7 Å². The first kappa shape index (κ1) is 19.5. The number of hydrogen-bond acceptors (Lipinski definition) is 2. The minimum Gasteiger partial charge on any atom is -0.338 e. The van der Waals surface area contributed by atoms with Crippen LogP contribution in [0.15, 0.2) is 42.5 Å². The third kappa shape index (κ3) is 5.15. The molecule has 142 valence electrons. The van der Waals surface area contributed by atoms with Gasteiger partial charge in [-0.15, -0.1) is 0 Å². The quantitative estimate of drug-likeness (QED) is 0.734. The van der Waals surface area contributed by atoms with Gasteiger partial charge in [0.1, 0.15) is 0 Å². The minimum atomic E-state index is -0.331. The van der Waals surface area contributed by atoms with Crippen molar-refractivity contribution in [2.45, 2.75) is 32.4 Å². The molecule has 0 bridgehead atoms. The molecule has 0 aliphatic carbocycles. The summed E-state index contributed by atoms with van der Waals surface area (Å²) in [6.07, 6.45) is 1.52. The Morgan fingerprint density at radius 2 is 2.04 bits per heavy atom. The summed E-state index contributed by atoms with van der Waals surface area (Å²) in [6.45, 7) is 3.20. The topological polar surface area (TPSA) is 61.4 Å². The van der Waals surface area contributed by atoms with E-state index in [0.717, 1.165) is 24.1 Å². The minimum absolute atomic E-state index is 0.180. The van der Waals surface area contributed by atoms with Gasteiger partial charge in [0.15, 0.2) is 0 Å². The molecular weight excluding hydrogens is 385 g/mol. The third-order valence-electron chi connectivity index (χ3n) is 4.51. The molecule has 1 unspecified atom stereocenters. The molecular formula is C20H21Cl2N3O2. The van der Waals surface area contributed by atoms with Crippen LogP contribution in [0.5, 0.6) is 0 Å². The average Bonchev–Trinajstić information content (AvgIpc) is 2.99. The molecule has 1 aliphatic rings. The van der Waals surface area contributed by atoms with Crippen molar-refractivity contribution >= 4 is 40.8 Å². The second kappa shape index (κ2) is 8.63. The summed E-state index contributed by atoms with van der Waals surface area (Å²) < 4.78 is 0. The summed E-state index contributed by atoms with van der Waals surface area (Å²) in [5.74, 6) is 0.180. The molecule has 0 spiro atoms. The Kier molecular flexibility index (Phi) is 6.24. The van der Waals surface area contributed by atoms with E-state index in [0.29, 0.717) is 28.7 Å². The first-order valence-electron chi connectivity index (χ1n) is 8.81. The molecule has 1 aliphatic heterocycles. The number of carbonyl (C=O) groups is 2. The fraction of sp³-hybridized carbons (Fsp3) is 0.300. The third-order valence-corrected chi connectivity index (χ3v) is 5.07. The van der Waals surface area contributed by atoms with Gasteiger partial charge < -0.3 is 15.5 Å². The first-order valence-corrected chi connectivity index (χ1v) is 9.57. The zero-order valence-electron chi connectivity index (χ0n) is 15.0. The fourth-order valence-corrected chi connectivity index (χ4v) is 3.71. The van der Waals surface area contributed by atoms with Crippen molar-refractivity contribution in [1.82, 2.24) is 10.2 Å². The molecule has 1 heterocycles. The van der Waals surface area contributed by atoms with Gasteiger partial charge >= 0.3 is 6.03 Å². The molecule has 0 aromatic heterocycles. The van der Waals surface area contributed by atoms with E-state index >= 15 is 0 Å². The Balaban J connectivity index is 1.60. The summed E-state index contributed by atoms with van der Waals surface area (Å²) in [5, 5.41) is 6.75. The van der Waals surface area contributed by atoms with Crippen LogP contribution in [-0.2, 0) is 11.3 Å². The van der Waals surface area contributed by atoms with Crippen molar-refractivity contribution in [3.05, 3.63) is 63.6 Å². The van der Waals surface area contributed by atoms with Crippen molar-refractivity contribution < 1.29 is 9.59 Å². The molecule has 0 radical (unpaired) electrons. The Morgan fingerprint density at radius 3 is 2.74 bits per heavy atom. The Morgan fingerprint density at radius 1 is 1.22 bits per heavy atom. The summed E-state index contributed by atoms with van der Waals surface area (Å²) >= 11 is 12.1. The molecule has 0 saturated carbocycles. The number of rotatable bonds is 5. The van der Waals surface area contributed by atoms with Gasteiger partial charge in [0.05, 0.1) is 6.04 Å². The molecule has 1 fully saturated rings. The standard InChI is InChI=1S/C20H21Cl2N3O2/c1-13(17-8-7-15(21)11-18(17)22)23-20(27)24-16-5-2-4-14(10-16)12-25-9-3-6-19(25)26/h2,4-5,7-8,10-11,13H,3,6,9,12H2,1H3,(H2,23,24,27). The normalized spacial score (nSPS) is 14.9. The monoisotopic (exact) mass is 405 g/mol. The summed E-state index contributed by atoms with van der Waals surface area (Å²) in [6, 6.07) is 12.1. The van der Waals surface area contributed by atoms with E-state index in [-0.39, 0.29) is 18.0 Å². The second-order valence-electron chi connectivity index (χ2n) is 6.61. The molecule has 5 nitrogen and oxygen atoms in total. The van der Waals surface area contributed by atoms with Crippen LogP contribution in [0, 0.1) is 0 Å². The van der Waals surface area contributed by atoms with Crippen LogP contribution in [0.4, 0.5) is 10.5 Å². The van der Waals surface area contributed by atoms with Gasteiger partial charge in [-0.3, -0.25) is 4.79 Å². The smallest absolute Gasteiger partial charge is 0.319 e. The molecule has 1 atom stereocenters. The second-order valence-corrected chi connectivity index (χ2v) is 7.45. The zero-order valence-corrected chi connectivity index (χ0v) is 16.5. The molecule has 1 saturated heterocycles. The van der Waals surface area contributed by atoms with E-state index in [1.807, 2.05) is 36.1 Å². The number of halogens is 2. The predicted octanol–water partition coefficient (Wildman–Crippen LogP) is 5.00. The van der Waals surface area contributed by atoms with E-state index < -0.39 is 0 Å². The Hall–Kier alpha value is -2.24. The van der Waals surface area contributed by atoms with E-state index in [9.17, 15) is 9.59 Å². The lowest BCUT2D eigenvalue weighted by Gasteiger charge is -2.18. The first-order chi connectivity index (χ1) is 12.9. The van der Waals surface area contributed by atoms with Crippen LogP contribution in [0.2, 0.25) is 10.0 Å². The lowest BCUT2D eigenvalue weighted by Crippen LogP contribution is -2.31. The van der Waals surface area contributed by atoms with Crippen molar-refractivity contribution in [3.63, 3.8) is 0 Å². The van der Waals surface area contributed by atoms with Gasteiger partial charge in [-0.1, -0.05) is 41.4 Å². The molecule has 3 rings (SSSR count). The Labute approximate surface area is 168 Å². The highest BCUT2D eigenvalue weighted by molar-refractivity contribution is 6.35. The van der Waals surface area contributed by atoms with Crippen molar-refractivity contribution in [1.29, 1.82) is 0 Å². The highest BCUT2D eigenvalue weighted by atomic mass is 35.5. The molecule has 7 heteroatoms. The van der Waals surface area contributed by atoms with Crippen molar-refractivity contribution in [2.75, 3.05) is 11.9 Å². The number of hydrogen-bond donors (Lipinski definition) is 2. The largest absolute Gasteiger partial charge is 0.338 e. The molecule has 27 heavy (non-hydrogen) atoms. The molecule has 2 N–H and O–H groups in total. The number of urea groups is 1. The van der Waals surface area contributed by atoms with E-state index in [1.54, 1.807) is 18.2 Å². The van der Waals surface area contributed by atoms with E-state index in [1.165, 1.54) is 0 Å². The van der Waals surface area contributed by atoms with Crippen LogP contribution in [0.25, 0.3) is 0 Å². The average molecular weight is 406 g/mol. The van der Waals surface area contributed by atoms with Gasteiger partial charge in [-0.2, -0.15) is 0 Å². The molecule has 2 aromatic rings. The predicted molar refractivity (Wildman–Crippen MR) is 108 cm³/mol. The van der Waals surface area contributed by atoms with Gasteiger partial charge in [0.2, 0.25) is 5.91 Å². The zero-order chi connectivity index (χ0) is 19.4. The lowest BCUT2D eigenvalue weighted by molar-refractivity contribution is -0.128. The highest BCUT2D eigenvalue weighted by Gasteiger charge is 2.20. The summed E-state index contributed by atoms with van der Waals surface area (Å²) in [7, 11) is 0. The lowest BCUT2D eigenvalue weighted by atomic mass is 10.1. The van der Waals surface area contributed by atoms with Gasteiger partial charge in [0.25, 0.3) is 0 Å². The fourth-order valence-electron chi connectivity index (χ4n) is 3.13. The number of anilines is 1. The Bertz CT molecular complexity index is 857. The van der Waals surface area contributed by atoms with Crippen molar-refractivity contribution in [3.8, 4) is 0 Å². The molecule has 2 aromatic carbocycles. The van der Waals surface area contributed by atoms with Gasteiger partial charge in [0, 0.05) is 35.2 Å². The van der Waals surface area contributed by atoms with Crippen LogP contribution >= 0.6 is 23.2 Å². The number of nitrogens with zero attached hydrogens (tertiary/aromatic N) is 1. The number of carbonyl (C=O) groups excluding carboxylic acids is 2. The SMILES string of the molecule is CC(NC(=O)Nc1cccc(CN2CCCC2=O)c1)c1ccc(Cl)cc1Cl. The number of nitrogens with one attached hydrogen (secondary N) is 2. The van der Waals surface area contributed by atoms with Crippen LogP contribution in [0.1, 0.15) is 36.9 Å². The van der Waals surface area contributed by atoms with Gasteiger partial charge in [-0.25, -0.2) is 4.79 Å². The number of amides is 3. The van der Waals surface area contributed by atoms with Crippen molar-refractivity contribution in [2.24, 2.45) is 0 Å². The maximum absolute atomic E-state index is 12.3. The van der Waals surface area contributed by atoms with E-state index in [4.69, 9.17) is 23.2 Å². The van der Waals surface area contributed by atoms with E-state index in [2.05, 4.69) is 10.6 Å².